The van der Waals surface area contributed by atoms with Gasteiger partial charge < -0.3 is 4.90 Å². The van der Waals surface area contributed by atoms with E-state index in [2.05, 4.69) is 15.0 Å². The quantitative estimate of drug-likeness (QED) is 0.686. The molecule has 3 aromatic rings. The van der Waals surface area contributed by atoms with Gasteiger partial charge in [-0.05, 0) is 36.2 Å². The SMILES string of the molecule is FC(F)(F)c1cccc2c1CCN2c1ccc2nccnc2n1. The summed E-state index contributed by atoms with van der Waals surface area (Å²) >= 11 is 0. The second kappa shape index (κ2) is 4.91. The fourth-order valence-electron chi connectivity index (χ4n) is 2.93. The highest BCUT2D eigenvalue weighted by Gasteiger charge is 2.37. The molecule has 0 radical (unpaired) electrons. The van der Waals surface area contributed by atoms with Crippen molar-refractivity contribution in [3.63, 3.8) is 0 Å². The Morgan fingerprint density at radius 3 is 2.65 bits per heavy atom. The van der Waals surface area contributed by atoms with Gasteiger partial charge in [0.25, 0.3) is 0 Å². The third-order valence-corrected chi connectivity index (χ3v) is 3.93. The molecule has 0 amide bonds. The first-order valence-corrected chi connectivity index (χ1v) is 7.08. The van der Waals surface area contributed by atoms with Crippen molar-refractivity contribution in [2.75, 3.05) is 11.4 Å². The van der Waals surface area contributed by atoms with Crippen LogP contribution in [-0.4, -0.2) is 21.5 Å². The highest BCUT2D eigenvalue weighted by molar-refractivity contribution is 5.76. The van der Waals surface area contributed by atoms with E-state index < -0.39 is 11.7 Å². The van der Waals surface area contributed by atoms with Gasteiger partial charge in [0.1, 0.15) is 11.3 Å². The average molecular weight is 316 g/mol. The van der Waals surface area contributed by atoms with Crippen LogP contribution >= 0.6 is 0 Å². The van der Waals surface area contributed by atoms with Crippen molar-refractivity contribution in [2.24, 2.45) is 0 Å². The third-order valence-electron chi connectivity index (χ3n) is 3.93. The van der Waals surface area contributed by atoms with Crippen LogP contribution in [-0.2, 0) is 12.6 Å². The lowest BCUT2D eigenvalue weighted by Crippen LogP contribution is -2.15. The van der Waals surface area contributed by atoms with Crippen LogP contribution in [0, 0.1) is 0 Å². The molecule has 1 aliphatic rings. The number of alkyl halides is 3. The number of hydrogen-bond donors (Lipinski definition) is 0. The van der Waals surface area contributed by atoms with Crippen molar-refractivity contribution in [3.05, 3.63) is 53.9 Å². The van der Waals surface area contributed by atoms with Gasteiger partial charge >= 0.3 is 6.18 Å². The largest absolute Gasteiger partial charge is 0.416 e. The molecule has 4 nitrogen and oxygen atoms in total. The van der Waals surface area contributed by atoms with E-state index in [4.69, 9.17) is 0 Å². The number of nitrogens with zero attached hydrogens (tertiary/aromatic N) is 4. The van der Waals surface area contributed by atoms with Crippen molar-refractivity contribution >= 4 is 22.7 Å². The minimum atomic E-state index is -4.34. The number of pyridine rings is 1. The van der Waals surface area contributed by atoms with Gasteiger partial charge in [-0.1, -0.05) is 6.07 Å². The summed E-state index contributed by atoms with van der Waals surface area (Å²) in [6.45, 7) is 0.460. The molecule has 0 aliphatic carbocycles. The molecule has 2 aromatic heterocycles. The first-order valence-electron chi connectivity index (χ1n) is 7.08. The summed E-state index contributed by atoms with van der Waals surface area (Å²) in [4.78, 5) is 14.5. The molecule has 0 saturated carbocycles. The second-order valence-electron chi connectivity index (χ2n) is 5.27. The van der Waals surface area contributed by atoms with Gasteiger partial charge in [-0.3, -0.25) is 4.98 Å². The highest BCUT2D eigenvalue weighted by Crippen LogP contribution is 2.41. The van der Waals surface area contributed by atoms with E-state index in [0.717, 1.165) is 6.07 Å². The summed E-state index contributed by atoms with van der Waals surface area (Å²) in [5, 5.41) is 0. The van der Waals surface area contributed by atoms with Gasteiger partial charge in [-0.25, -0.2) is 9.97 Å². The average Bonchev–Trinajstić information content (AvgIpc) is 2.97. The maximum Gasteiger partial charge on any atom is 0.416 e. The molecule has 0 unspecified atom stereocenters. The number of halogens is 3. The van der Waals surface area contributed by atoms with Crippen LogP contribution in [0.2, 0.25) is 0 Å². The zero-order valence-electron chi connectivity index (χ0n) is 11.9. The lowest BCUT2D eigenvalue weighted by Gasteiger charge is -2.19. The van der Waals surface area contributed by atoms with E-state index in [-0.39, 0.29) is 0 Å². The van der Waals surface area contributed by atoms with E-state index >= 15 is 0 Å². The molecule has 3 heterocycles. The van der Waals surface area contributed by atoms with Crippen LogP contribution in [0.25, 0.3) is 11.2 Å². The van der Waals surface area contributed by atoms with Crippen LogP contribution in [0.15, 0.2) is 42.7 Å². The normalized spacial score (nSPS) is 14.3. The molecule has 1 aliphatic heterocycles. The van der Waals surface area contributed by atoms with Crippen molar-refractivity contribution in [1.82, 2.24) is 15.0 Å². The fourth-order valence-corrected chi connectivity index (χ4v) is 2.93. The zero-order chi connectivity index (χ0) is 16.0. The second-order valence-corrected chi connectivity index (χ2v) is 5.27. The summed E-state index contributed by atoms with van der Waals surface area (Å²) in [6, 6.07) is 7.78. The Bertz CT molecular complexity index is 892. The van der Waals surface area contributed by atoms with Gasteiger partial charge in [-0.15, -0.1) is 0 Å². The topological polar surface area (TPSA) is 41.9 Å². The maximum absolute atomic E-state index is 13.1. The lowest BCUT2D eigenvalue weighted by molar-refractivity contribution is -0.138. The van der Waals surface area contributed by atoms with Crippen LogP contribution in [0.3, 0.4) is 0 Å². The monoisotopic (exact) mass is 316 g/mol. The van der Waals surface area contributed by atoms with Crippen molar-refractivity contribution in [1.29, 1.82) is 0 Å². The molecule has 0 spiro atoms. The molecule has 1 aromatic carbocycles. The molecule has 7 heteroatoms. The number of fused-ring (bicyclic) bond motifs is 2. The molecule has 0 N–H and O–H groups in total. The molecule has 0 saturated heterocycles. The highest BCUT2D eigenvalue weighted by atomic mass is 19.4. The third kappa shape index (κ3) is 2.28. The molecule has 0 fully saturated rings. The van der Waals surface area contributed by atoms with E-state index in [1.54, 1.807) is 35.5 Å². The minimum Gasteiger partial charge on any atom is -0.326 e. The van der Waals surface area contributed by atoms with E-state index in [1.165, 1.54) is 6.07 Å². The van der Waals surface area contributed by atoms with Crippen molar-refractivity contribution in [3.8, 4) is 0 Å². The number of rotatable bonds is 1. The number of benzene rings is 1. The Hall–Kier alpha value is -2.70. The van der Waals surface area contributed by atoms with Crippen LogP contribution in [0.1, 0.15) is 11.1 Å². The molecule has 0 atom stereocenters. The van der Waals surface area contributed by atoms with Gasteiger partial charge in [0.2, 0.25) is 0 Å². The lowest BCUT2D eigenvalue weighted by atomic mass is 10.0. The summed E-state index contributed by atoms with van der Waals surface area (Å²) in [7, 11) is 0. The predicted octanol–water partition coefficient (Wildman–Crippen LogP) is 3.74. The van der Waals surface area contributed by atoms with Gasteiger partial charge in [0.05, 0.1) is 5.56 Å². The van der Waals surface area contributed by atoms with E-state index in [1.807, 2.05) is 0 Å². The minimum absolute atomic E-state index is 0.320. The van der Waals surface area contributed by atoms with E-state index in [0.29, 0.717) is 41.2 Å². The maximum atomic E-state index is 13.1. The molecular formula is C16H11F3N4. The fraction of sp³-hybridized carbons (Fsp3) is 0.188. The predicted molar refractivity (Wildman–Crippen MR) is 79.5 cm³/mol. The number of aromatic nitrogens is 3. The summed E-state index contributed by atoms with van der Waals surface area (Å²) in [5.41, 5.74) is 1.43. The summed E-state index contributed by atoms with van der Waals surface area (Å²) < 4.78 is 39.4. The first kappa shape index (κ1) is 13.9. The van der Waals surface area contributed by atoms with E-state index in [9.17, 15) is 13.2 Å². The Morgan fingerprint density at radius 1 is 1.00 bits per heavy atom. The first-order chi connectivity index (χ1) is 11.0. The van der Waals surface area contributed by atoms with Crippen molar-refractivity contribution in [2.45, 2.75) is 12.6 Å². The zero-order valence-corrected chi connectivity index (χ0v) is 11.9. The smallest absolute Gasteiger partial charge is 0.326 e. The summed E-state index contributed by atoms with van der Waals surface area (Å²) in [5.74, 6) is 0.580. The summed E-state index contributed by atoms with van der Waals surface area (Å²) in [6.07, 6.45) is -0.891. The Kier molecular flexibility index (Phi) is 2.97. The molecule has 23 heavy (non-hydrogen) atoms. The van der Waals surface area contributed by atoms with Crippen LogP contribution in [0.4, 0.5) is 24.7 Å². The molecular weight excluding hydrogens is 305 g/mol. The van der Waals surface area contributed by atoms with Crippen molar-refractivity contribution < 1.29 is 13.2 Å². The van der Waals surface area contributed by atoms with Crippen LogP contribution in [0.5, 0.6) is 0 Å². The number of anilines is 2. The molecule has 116 valence electrons. The van der Waals surface area contributed by atoms with Crippen LogP contribution < -0.4 is 4.90 Å². The standard InChI is InChI=1S/C16H11F3N4/c17-16(18,19)11-2-1-3-13-10(11)6-9-23(13)14-5-4-12-15(22-14)21-8-7-20-12/h1-5,7-8H,6,9H2. The van der Waals surface area contributed by atoms with Gasteiger partial charge in [0, 0.05) is 24.6 Å². The Labute approximate surface area is 129 Å². The molecule has 4 rings (SSSR count). The Morgan fingerprint density at radius 2 is 1.83 bits per heavy atom. The molecule has 0 bridgehead atoms. The van der Waals surface area contributed by atoms with Gasteiger partial charge in [0.15, 0.2) is 5.65 Å². The number of hydrogen-bond acceptors (Lipinski definition) is 4. The Balaban J connectivity index is 1.81. The van der Waals surface area contributed by atoms with Gasteiger partial charge in [-0.2, -0.15) is 13.2 Å².